The van der Waals surface area contributed by atoms with E-state index >= 15 is 0 Å². The molecule has 0 aromatic carbocycles. The van der Waals surface area contributed by atoms with Crippen molar-refractivity contribution in [2.45, 2.75) is 43.5 Å². The van der Waals surface area contributed by atoms with Crippen molar-refractivity contribution in [3.8, 4) is 0 Å². The molecule has 1 saturated heterocycles. The van der Waals surface area contributed by atoms with Gasteiger partial charge in [0.2, 0.25) is 5.91 Å². The highest BCUT2D eigenvalue weighted by molar-refractivity contribution is 5.78. The predicted octanol–water partition coefficient (Wildman–Crippen LogP) is -3.00. The lowest BCUT2D eigenvalue weighted by Crippen LogP contribution is -2.67. The van der Waals surface area contributed by atoms with Crippen LogP contribution in [0.15, 0.2) is 0 Å². The lowest BCUT2D eigenvalue weighted by molar-refractivity contribution is -0.301. The molecular weight excluding hydrogens is 312 g/mol. The summed E-state index contributed by atoms with van der Waals surface area (Å²) in [6.45, 7) is 0.754. The predicted molar refractivity (Wildman–Crippen MR) is 76.1 cm³/mol. The zero-order valence-corrected chi connectivity index (χ0v) is 13.0. The van der Waals surface area contributed by atoms with E-state index in [4.69, 9.17) is 15.2 Å². The number of carbonyl (C=O) groups is 2. The fourth-order valence-electron chi connectivity index (χ4n) is 2.46. The number of hydrogen-bond donors (Lipinski definition) is 6. The van der Waals surface area contributed by atoms with E-state index in [2.05, 4.69) is 5.32 Å². The first-order valence-corrected chi connectivity index (χ1v) is 7.15. The number of methoxy groups -OCH3 is 1. The summed E-state index contributed by atoms with van der Waals surface area (Å²) in [6, 6.07) is -1.10. The van der Waals surface area contributed by atoms with Gasteiger partial charge in [0.25, 0.3) is 5.79 Å². The molecule has 1 aliphatic rings. The van der Waals surface area contributed by atoms with Gasteiger partial charge in [-0.15, -0.1) is 0 Å². The van der Waals surface area contributed by atoms with E-state index < -0.39 is 61.0 Å². The van der Waals surface area contributed by atoms with Gasteiger partial charge in [0.05, 0.1) is 24.8 Å². The molecule has 10 nitrogen and oxygen atoms in total. The van der Waals surface area contributed by atoms with Crippen LogP contribution in [0.25, 0.3) is 0 Å². The van der Waals surface area contributed by atoms with Crippen LogP contribution < -0.4 is 11.1 Å². The Morgan fingerprint density at radius 2 is 2.13 bits per heavy atom. The Kier molecular flexibility index (Phi) is 6.86. The van der Waals surface area contributed by atoms with E-state index in [0.29, 0.717) is 0 Å². The number of ether oxygens (including phenoxy) is 2. The third-order valence-electron chi connectivity index (χ3n) is 3.95. The molecule has 23 heavy (non-hydrogen) atoms. The van der Waals surface area contributed by atoms with Crippen molar-refractivity contribution in [2.24, 2.45) is 11.7 Å². The number of nitrogens with one attached hydrogen (secondary N) is 1. The van der Waals surface area contributed by atoms with Crippen LogP contribution in [-0.4, -0.2) is 82.7 Å². The van der Waals surface area contributed by atoms with Crippen LogP contribution in [-0.2, 0) is 19.1 Å². The van der Waals surface area contributed by atoms with Gasteiger partial charge < -0.3 is 41.0 Å². The maximum absolute atomic E-state index is 11.5. The third-order valence-corrected chi connectivity index (χ3v) is 3.95. The van der Waals surface area contributed by atoms with Gasteiger partial charge in [-0.3, -0.25) is 4.79 Å². The Morgan fingerprint density at radius 1 is 1.52 bits per heavy atom. The molecule has 1 rings (SSSR count). The summed E-state index contributed by atoms with van der Waals surface area (Å²) >= 11 is 0. The number of amides is 1. The minimum atomic E-state index is -2.16. The van der Waals surface area contributed by atoms with Crippen molar-refractivity contribution < 1.29 is 39.5 Å². The minimum absolute atomic E-state index is 0.351. The Morgan fingerprint density at radius 3 is 2.57 bits per heavy atom. The van der Waals surface area contributed by atoms with Crippen LogP contribution >= 0.6 is 0 Å². The highest BCUT2D eigenvalue weighted by atomic mass is 16.7. The Balaban J connectivity index is 3.14. The molecular formula is C13H24N2O8. The molecule has 1 heterocycles. The van der Waals surface area contributed by atoms with E-state index in [1.807, 2.05) is 0 Å². The molecule has 0 saturated carbocycles. The highest BCUT2D eigenvalue weighted by Gasteiger charge is 2.54. The fourth-order valence-corrected chi connectivity index (χ4v) is 2.46. The van der Waals surface area contributed by atoms with Crippen molar-refractivity contribution in [3.63, 3.8) is 0 Å². The minimum Gasteiger partial charge on any atom is -0.477 e. The molecule has 7 N–H and O–H groups in total. The lowest BCUT2D eigenvalue weighted by atomic mass is 9.86. The van der Waals surface area contributed by atoms with E-state index in [1.54, 1.807) is 0 Å². The number of aliphatic hydroxyl groups excluding tert-OH is 3. The van der Waals surface area contributed by atoms with E-state index in [-0.39, 0.29) is 6.54 Å². The van der Waals surface area contributed by atoms with E-state index in [1.165, 1.54) is 6.92 Å². The summed E-state index contributed by atoms with van der Waals surface area (Å²) < 4.78 is 10.3. The van der Waals surface area contributed by atoms with Gasteiger partial charge in [0.1, 0.15) is 6.10 Å². The summed E-state index contributed by atoms with van der Waals surface area (Å²) in [5.74, 6) is -4.93. The number of nitrogens with two attached hydrogens (primary N) is 1. The number of carbonyl (C=O) groups excluding carboxylic acids is 1. The van der Waals surface area contributed by atoms with Gasteiger partial charge >= 0.3 is 5.97 Å². The molecule has 0 aromatic heterocycles. The molecule has 0 radical (unpaired) electrons. The molecule has 134 valence electrons. The second-order valence-electron chi connectivity index (χ2n) is 5.56. The van der Waals surface area contributed by atoms with Crippen LogP contribution in [0.3, 0.4) is 0 Å². The topological polar surface area (TPSA) is 172 Å². The monoisotopic (exact) mass is 336 g/mol. The second-order valence-corrected chi connectivity index (χ2v) is 5.56. The van der Waals surface area contributed by atoms with Gasteiger partial charge in [-0.2, -0.15) is 0 Å². The zero-order chi connectivity index (χ0) is 17.8. The largest absolute Gasteiger partial charge is 0.477 e. The quantitative estimate of drug-likeness (QED) is 0.283. The maximum Gasteiger partial charge on any atom is 0.364 e. The number of carboxylic acid groups (broad SMARTS) is 1. The molecule has 0 aromatic rings. The average Bonchev–Trinajstić information content (AvgIpc) is 2.54. The molecule has 0 bridgehead atoms. The van der Waals surface area contributed by atoms with Crippen LogP contribution in [0, 0.1) is 5.92 Å². The van der Waals surface area contributed by atoms with Crippen molar-refractivity contribution in [3.05, 3.63) is 0 Å². The van der Waals surface area contributed by atoms with Crippen molar-refractivity contribution in [2.75, 3.05) is 20.3 Å². The molecule has 1 aliphatic heterocycles. The number of rotatable bonds is 7. The highest BCUT2D eigenvalue weighted by Crippen LogP contribution is 2.33. The molecule has 1 fully saturated rings. The number of aliphatic hydroxyl groups is 3. The summed E-state index contributed by atoms with van der Waals surface area (Å²) in [7, 11) is 1.10. The number of aliphatic carboxylic acids is 1. The second kappa shape index (κ2) is 7.99. The van der Waals surface area contributed by atoms with Crippen LogP contribution in [0.2, 0.25) is 0 Å². The first-order chi connectivity index (χ1) is 10.7. The SMILES string of the molecule is COC1(C(=O)O)CC(O)C(NC(=O)CN)C(C(O)C(C)CO)O1. The number of carboxylic acids is 1. The fraction of sp³-hybridized carbons (Fsp3) is 0.846. The average molecular weight is 336 g/mol. The van der Waals surface area contributed by atoms with Crippen LogP contribution in [0.4, 0.5) is 0 Å². The lowest BCUT2D eigenvalue weighted by Gasteiger charge is -2.46. The summed E-state index contributed by atoms with van der Waals surface area (Å²) in [6.07, 6.45) is -4.48. The first-order valence-electron chi connectivity index (χ1n) is 7.15. The first kappa shape index (κ1) is 19.7. The Labute approximate surface area is 133 Å². The zero-order valence-electron chi connectivity index (χ0n) is 13.0. The summed E-state index contributed by atoms with van der Waals surface area (Å²) in [5, 5.41) is 41.4. The third kappa shape index (κ3) is 4.16. The van der Waals surface area contributed by atoms with Crippen molar-refractivity contribution >= 4 is 11.9 Å². The normalized spacial score (nSPS) is 33.7. The smallest absolute Gasteiger partial charge is 0.364 e. The molecule has 10 heteroatoms. The van der Waals surface area contributed by atoms with Gasteiger partial charge in [0.15, 0.2) is 0 Å². The van der Waals surface area contributed by atoms with E-state index in [0.717, 1.165) is 7.11 Å². The van der Waals surface area contributed by atoms with Crippen LogP contribution in [0.1, 0.15) is 13.3 Å². The molecule has 1 amide bonds. The Bertz CT molecular complexity index is 434. The summed E-state index contributed by atoms with van der Waals surface area (Å²) in [4.78, 5) is 23.0. The van der Waals surface area contributed by atoms with Crippen LogP contribution in [0.5, 0.6) is 0 Å². The molecule has 6 unspecified atom stereocenters. The van der Waals surface area contributed by atoms with Crippen molar-refractivity contribution in [1.29, 1.82) is 0 Å². The molecule has 0 aliphatic carbocycles. The van der Waals surface area contributed by atoms with Gasteiger partial charge in [-0.05, 0) is 0 Å². The van der Waals surface area contributed by atoms with E-state index in [9.17, 15) is 30.0 Å². The number of hydrogen-bond acceptors (Lipinski definition) is 8. The van der Waals surface area contributed by atoms with Gasteiger partial charge in [-0.1, -0.05) is 6.92 Å². The van der Waals surface area contributed by atoms with Gasteiger partial charge in [-0.25, -0.2) is 4.79 Å². The maximum atomic E-state index is 11.5. The van der Waals surface area contributed by atoms with Gasteiger partial charge in [0, 0.05) is 26.1 Å². The Hall–Kier alpha value is -1.30. The standard InChI is InChI=1S/C13H24N2O8/c1-6(5-16)10(19)11-9(15-8(18)4-14)7(17)3-13(22-2,23-11)12(20)21/h6-7,9-11,16-17,19H,3-5,14H2,1-2H3,(H,15,18)(H,20,21). The summed E-state index contributed by atoms with van der Waals surface area (Å²) in [5.41, 5.74) is 5.21. The van der Waals surface area contributed by atoms with Crippen molar-refractivity contribution in [1.82, 2.24) is 5.32 Å². The molecule has 6 atom stereocenters. The molecule has 0 spiro atoms.